The van der Waals surface area contributed by atoms with E-state index in [2.05, 4.69) is 9.97 Å². The van der Waals surface area contributed by atoms with Crippen LogP contribution >= 0.6 is 0 Å². The number of likely N-dealkylation sites (N-methyl/N-ethyl adjacent to an activating group) is 1. The van der Waals surface area contributed by atoms with Gasteiger partial charge in [0.25, 0.3) is 5.91 Å². The highest BCUT2D eigenvalue weighted by Crippen LogP contribution is 2.32. The van der Waals surface area contributed by atoms with Gasteiger partial charge in [-0.25, -0.2) is 4.98 Å². The number of alkyl halides is 3. The van der Waals surface area contributed by atoms with E-state index in [1.54, 1.807) is 6.20 Å². The van der Waals surface area contributed by atoms with Crippen molar-refractivity contribution in [3.8, 4) is 0 Å². The number of H-pyrrole nitrogens is 1. The number of amides is 1. The molecule has 0 radical (unpaired) electrons. The number of hydrogen-bond donors (Lipinski definition) is 1. The highest BCUT2D eigenvalue weighted by atomic mass is 19.4. The molecule has 8 heteroatoms. The Kier molecular flexibility index (Phi) is 5.61. The molecule has 1 N–H and O–H groups in total. The minimum Gasteiger partial charge on any atom is -0.347 e. The Morgan fingerprint density at radius 3 is 2.50 bits per heavy atom. The lowest BCUT2D eigenvalue weighted by molar-refractivity contribution is -0.138. The van der Waals surface area contributed by atoms with Gasteiger partial charge in [0, 0.05) is 19.3 Å². The Hall–Kier alpha value is -2.35. The van der Waals surface area contributed by atoms with Gasteiger partial charge in [-0.1, -0.05) is 12.1 Å². The van der Waals surface area contributed by atoms with Gasteiger partial charge in [-0.15, -0.1) is 0 Å². The Balaban J connectivity index is 2.30. The maximum absolute atomic E-state index is 13.2. The zero-order chi connectivity index (χ0) is 17.7. The summed E-state index contributed by atoms with van der Waals surface area (Å²) >= 11 is 0. The average molecular weight is 340 g/mol. The van der Waals surface area contributed by atoms with Crippen molar-refractivity contribution in [1.29, 1.82) is 0 Å². The maximum Gasteiger partial charge on any atom is 0.417 e. The Morgan fingerprint density at radius 2 is 1.92 bits per heavy atom. The molecule has 2 aromatic rings. The highest BCUT2D eigenvalue weighted by Gasteiger charge is 2.35. The van der Waals surface area contributed by atoms with Crippen LogP contribution in [-0.4, -0.2) is 52.9 Å². The molecule has 1 aromatic carbocycles. The lowest BCUT2D eigenvalue weighted by Crippen LogP contribution is -2.37. The summed E-state index contributed by atoms with van der Waals surface area (Å²) in [6.07, 6.45) is -1.56. The number of aromatic nitrogens is 2. The van der Waals surface area contributed by atoms with Gasteiger partial charge in [-0.05, 0) is 26.2 Å². The summed E-state index contributed by atoms with van der Waals surface area (Å²) in [6.45, 7) is 1.00. The molecule has 0 fully saturated rings. The normalized spacial score (nSPS) is 11.8. The first-order chi connectivity index (χ1) is 11.3. The second-order valence-electron chi connectivity index (χ2n) is 5.65. The van der Waals surface area contributed by atoms with E-state index < -0.39 is 17.6 Å². The summed E-state index contributed by atoms with van der Waals surface area (Å²) in [6, 6.07) is 4.84. The van der Waals surface area contributed by atoms with Crippen LogP contribution in [0.15, 0.2) is 36.8 Å². The lowest BCUT2D eigenvalue weighted by atomic mass is 10.1. The van der Waals surface area contributed by atoms with Gasteiger partial charge < -0.3 is 14.8 Å². The van der Waals surface area contributed by atoms with Crippen LogP contribution < -0.4 is 0 Å². The molecule has 24 heavy (non-hydrogen) atoms. The quantitative estimate of drug-likeness (QED) is 0.880. The topological polar surface area (TPSA) is 52.2 Å². The smallest absolute Gasteiger partial charge is 0.347 e. The average Bonchev–Trinajstić information content (AvgIpc) is 3.02. The number of nitrogens with zero attached hydrogens (tertiary/aromatic N) is 3. The van der Waals surface area contributed by atoms with E-state index in [1.807, 2.05) is 19.0 Å². The van der Waals surface area contributed by atoms with Gasteiger partial charge in [0.05, 0.1) is 29.7 Å². The predicted molar refractivity (Wildman–Crippen MR) is 83.3 cm³/mol. The van der Waals surface area contributed by atoms with Crippen molar-refractivity contribution in [1.82, 2.24) is 19.8 Å². The van der Waals surface area contributed by atoms with Crippen molar-refractivity contribution >= 4 is 5.91 Å². The summed E-state index contributed by atoms with van der Waals surface area (Å²) in [5.41, 5.74) is -0.607. The van der Waals surface area contributed by atoms with Crippen LogP contribution in [-0.2, 0) is 12.7 Å². The zero-order valence-corrected chi connectivity index (χ0v) is 13.5. The minimum atomic E-state index is -4.58. The number of carbonyl (C=O) groups excluding carboxylic acids is 1. The molecule has 0 aliphatic carbocycles. The van der Waals surface area contributed by atoms with Crippen molar-refractivity contribution in [2.75, 3.05) is 27.2 Å². The van der Waals surface area contributed by atoms with Crippen LogP contribution in [0.3, 0.4) is 0 Å². The summed E-state index contributed by atoms with van der Waals surface area (Å²) in [5, 5.41) is 0. The first kappa shape index (κ1) is 18.0. The summed E-state index contributed by atoms with van der Waals surface area (Å²) in [5.74, 6) is -0.653. The van der Waals surface area contributed by atoms with Gasteiger partial charge in [0.1, 0.15) is 0 Å². The number of halogens is 3. The van der Waals surface area contributed by atoms with Gasteiger partial charge in [0.2, 0.25) is 0 Å². The van der Waals surface area contributed by atoms with Crippen molar-refractivity contribution in [2.45, 2.75) is 12.7 Å². The van der Waals surface area contributed by atoms with Crippen molar-refractivity contribution in [3.63, 3.8) is 0 Å². The summed E-state index contributed by atoms with van der Waals surface area (Å²) < 4.78 is 39.5. The molecule has 0 saturated carbocycles. The Bertz CT molecular complexity index is 668. The standard InChI is InChI=1S/C16H19F3N4O/c1-22(2)7-8-23(10-12-9-20-11-21-12)15(24)13-5-3-4-6-14(13)16(17,18)19/h3-6,9,11H,7-8,10H2,1-2H3,(H,20,21). The van der Waals surface area contributed by atoms with E-state index in [4.69, 9.17) is 0 Å². The molecule has 0 saturated heterocycles. The molecule has 130 valence electrons. The first-order valence-corrected chi connectivity index (χ1v) is 7.36. The number of carbonyl (C=O) groups is 1. The summed E-state index contributed by atoms with van der Waals surface area (Å²) in [4.78, 5) is 22.7. The second-order valence-corrected chi connectivity index (χ2v) is 5.65. The maximum atomic E-state index is 13.2. The minimum absolute atomic E-state index is 0.166. The van der Waals surface area contributed by atoms with Crippen LogP contribution in [0.1, 0.15) is 21.6 Å². The fourth-order valence-electron chi connectivity index (χ4n) is 2.24. The molecule has 0 unspecified atom stereocenters. The van der Waals surface area contributed by atoms with E-state index >= 15 is 0 Å². The van der Waals surface area contributed by atoms with E-state index in [9.17, 15) is 18.0 Å². The molecule has 0 aliphatic rings. The van der Waals surface area contributed by atoms with E-state index in [0.29, 0.717) is 18.8 Å². The highest BCUT2D eigenvalue weighted by molar-refractivity contribution is 5.95. The molecule has 0 spiro atoms. The fraction of sp³-hybridized carbons (Fsp3) is 0.375. The van der Waals surface area contributed by atoms with Crippen molar-refractivity contribution in [3.05, 3.63) is 53.6 Å². The first-order valence-electron chi connectivity index (χ1n) is 7.36. The molecule has 0 atom stereocenters. The monoisotopic (exact) mass is 340 g/mol. The van der Waals surface area contributed by atoms with Gasteiger partial charge in [-0.2, -0.15) is 13.2 Å². The van der Waals surface area contributed by atoms with Gasteiger partial charge in [-0.3, -0.25) is 4.79 Å². The van der Waals surface area contributed by atoms with Crippen LogP contribution in [0.4, 0.5) is 13.2 Å². The SMILES string of the molecule is CN(C)CCN(Cc1cnc[nH]1)C(=O)c1ccccc1C(F)(F)F. The molecule has 0 aliphatic heterocycles. The number of nitrogens with one attached hydrogen (secondary N) is 1. The van der Waals surface area contributed by atoms with Crippen LogP contribution in [0.25, 0.3) is 0 Å². The number of imidazole rings is 1. The van der Waals surface area contributed by atoms with E-state index in [0.717, 1.165) is 6.07 Å². The van der Waals surface area contributed by atoms with Crippen LogP contribution in [0.2, 0.25) is 0 Å². The van der Waals surface area contributed by atoms with Crippen molar-refractivity contribution < 1.29 is 18.0 Å². The molecule has 1 heterocycles. The van der Waals surface area contributed by atoms with Crippen molar-refractivity contribution in [2.24, 2.45) is 0 Å². The molecule has 5 nitrogen and oxygen atoms in total. The zero-order valence-electron chi connectivity index (χ0n) is 13.5. The molecule has 2 rings (SSSR count). The number of hydrogen-bond acceptors (Lipinski definition) is 3. The Labute approximate surface area is 138 Å². The van der Waals surface area contributed by atoms with Crippen LogP contribution in [0.5, 0.6) is 0 Å². The van der Waals surface area contributed by atoms with Crippen LogP contribution in [0, 0.1) is 0 Å². The molecular formula is C16H19F3N4O. The molecule has 0 bridgehead atoms. The fourth-order valence-corrected chi connectivity index (χ4v) is 2.24. The molecule has 1 aromatic heterocycles. The third-order valence-corrected chi connectivity index (χ3v) is 3.48. The van der Waals surface area contributed by atoms with E-state index in [1.165, 1.54) is 29.4 Å². The molecule has 1 amide bonds. The van der Waals surface area contributed by atoms with Gasteiger partial charge >= 0.3 is 6.18 Å². The largest absolute Gasteiger partial charge is 0.417 e. The number of benzene rings is 1. The third kappa shape index (κ3) is 4.58. The predicted octanol–water partition coefficient (Wildman–Crippen LogP) is 2.63. The lowest BCUT2D eigenvalue weighted by Gasteiger charge is -2.25. The van der Waals surface area contributed by atoms with Gasteiger partial charge in [0.15, 0.2) is 0 Å². The number of rotatable bonds is 6. The Morgan fingerprint density at radius 1 is 1.21 bits per heavy atom. The van der Waals surface area contributed by atoms with E-state index in [-0.39, 0.29) is 12.1 Å². The summed E-state index contributed by atoms with van der Waals surface area (Å²) in [7, 11) is 3.67. The second kappa shape index (κ2) is 7.48. The molecular weight excluding hydrogens is 321 g/mol. The third-order valence-electron chi connectivity index (χ3n) is 3.48. The number of aromatic amines is 1.